The van der Waals surface area contributed by atoms with Gasteiger partial charge < -0.3 is 15.7 Å². The molecule has 0 saturated carbocycles. The van der Waals surface area contributed by atoms with Crippen LogP contribution in [0.5, 0.6) is 0 Å². The van der Waals surface area contributed by atoms with E-state index in [1.807, 2.05) is 12.1 Å². The summed E-state index contributed by atoms with van der Waals surface area (Å²) in [6.45, 7) is 0.464. The molecule has 7 nitrogen and oxygen atoms in total. The van der Waals surface area contributed by atoms with Gasteiger partial charge in [-0.05, 0) is 24.3 Å². The maximum Gasteiger partial charge on any atom is 0.267 e. The summed E-state index contributed by atoms with van der Waals surface area (Å²) in [7, 11) is 1.64. The fraction of sp³-hybridized carbons (Fsp3) is 0.182. The summed E-state index contributed by atoms with van der Waals surface area (Å²) in [5.74, 6) is 4.57. The van der Waals surface area contributed by atoms with Gasteiger partial charge in [-0.15, -0.1) is 0 Å². The Labute approximate surface area is 167 Å². The van der Waals surface area contributed by atoms with Crippen molar-refractivity contribution in [1.29, 1.82) is 0 Å². The highest BCUT2D eigenvalue weighted by atomic mass is 16.3. The second-order valence-corrected chi connectivity index (χ2v) is 6.96. The number of rotatable bonds is 2. The maximum atomic E-state index is 12.1. The number of aromatic nitrogens is 2. The van der Waals surface area contributed by atoms with Crippen molar-refractivity contribution in [3.8, 4) is 23.1 Å². The van der Waals surface area contributed by atoms with Gasteiger partial charge in [0.15, 0.2) is 0 Å². The first-order valence-electron chi connectivity index (χ1n) is 9.04. The van der Waals surface area contributed by atoms with Gasteiger partial charge in [0, 0.05) is 42.7 Å². The normalized spacial score (nSPS) is 18.6. The molecule has 3 N–H and O–H groups in total. The van der Waals surface area contributed by atoms with E-state index in [-0.39, 0.29) is 12.1 Å². The van der Waals surface area contributed by atoms with Crippen LogP contribution in [0.1, 0.15) is 22.5 Å². The molecule has 144 valence electrons. The summed E-state index contributed by atoms with van der Waals surface area (Å²) in [4.78, 5) is 34.0. The number of pyridine rings is 2. The highest BCUT2D eigenvalue weighted by Crippen LogP contribution is 2.27. The standard InChI is InChI=1S/C22H18N4O3/c1-26-11-9-22(29,21(26)28)8-7-14-4-2-5-15(12-14)19-18-16(6-3-10-24-18)13-17(25-19)20(23)27/h2-6,10,12-13,29H,9,11H2,1H3,(H2,23,27)/t22-/m0/s1. The SMILES string of the molecule is CN1CC[C@@](O)(C#Cc2cccc(-c3nc(C(N)=O)cc4cccnc34)c2)C1=O. The highest BCUT2D eigenvalue weighted by molar-refractivity contribution is 5.99. The van der Waals surface area contributed by atoms with Crippen LogP contribution in [-0.4, -0.2) is 51.0 Å². The van der Waals surface area contributed by atoms with E-state index in [1.54, 1.807) is 43.6 Å². The summed E-state index contributed by atoms with van der Waals surface area (Å²) < 4.78 is 0. The lowest BCUT2D eigenvalue weighted by atomic mass is 10.0. The zero-order chi connectivity index (χ0) is 20.6. The van der Waals surface area contributed by atoms with Gasteiger partial charge in [0.25, 0.3) is 11.8 Å². The monoisotopic (exact) mass is 386 g/mol. The van der Waals surface area contributed by atoms with E-state index in [1.165, 1.54) is 4.90 Å². The number of amides is 2. The zero-order valence-corrected chi connectivity index (χ0v) is 15.7. The average molecular weight is 386 g/mol. The Morgan fingerprint density at radius 2 is 2.10 bits per heavy atom. The molecule has 1 aliphatic rings. The summed E-state index contributed by atoms with van der Waals surface area (Å²) in [6.07, 6.45) is 1.92. The van der Waals surface area contributed by atoms with Crippen LogP contribution in [0.25, 0.3) is 22.2 Å². The van der Waals surface area contributed by atoms with E-state index in [9.17, 15) is 14.7 Å². The fourth-order valence-corrected chi connectivity index (χ4v) is 3.30. The maximum absolute atomic E-state index is 12.1. The third kappa shape index (κ3) is 3.42. The van der Waals surface area contributed by atoms with Gasteiger partial charge in [-0.25, -0.2) is 4.98 Å². The van der Waals surface area contributed by atoms with Gasteiger partial charge in [-0.3, -0.25) is 14.6 Å². The summed E-state index contributed by atoms with van der Waals surface area (Å²) in [5, 5.41) is 11.2. The molecule has 1 saturated heterocycles. The number of fused-ring (bicyclic) bond motifs is 1. The molecule has 2 amide bonds. The van der Waals surface area contributed by atoms with E-state index in [0.29, 0.717) is 28.9 Å². The van der Waals surface area contributed by atoms with E-state index < -0.39 is 17.4 Å². The average Bonchev–Trinajstić information content (AvgIpc) is 2.99. The van der Waals surface area contributed by atoms with Crippen LogP contribution in [0.2, 0.25) is 0 Å². The minimum Gasteiger partial charge on any atom is -0.369 e. The third-order valence-corrected chi connectivity index (χ3v) is 4.90. The second-order valence-electron chi connectivity index (χ2n) is 6.96. The Bertz CT molecular complexity index is 1210. The van der Waals surface area contributed by atoms with Crippen LogP contribution < -0.4 is 5.73 Å². The molecule has 0 unspecified atom stereocenters. The lowest BCUT2D eigenvalue weighted by Gasteiger charge is -2.13. The molecule has 1 fully saturated rings. The molecule has 29 heavy (non-hydrogen) atoms. The number of hydrogen-bond donors (Lipinski definition) is 2. The Morgan fingerprint density at radius 3 is 2.83 bits per heavy atom. The Hall–Kier alpha value is -3.76. The van der Waals surface area contributed by atoms with Gasteiger partial charge in [0.1, 0.15) is 5.69 Å². The first-order chi connectivity index (χ1) is 13.9. The number of likely N-dealkylation sites (tertiary alicyclic amines) is 1. The molecule has 3 aromatic rings. The third-order valence-electron chi connectivity index (χ3n) is 4.90. The second kappa shape index (κ2) is 7.00. The van der Waals surface area contributed by atoms with Gasteiger partial charge >= 0.3 is 0 Å². The molecule has 0 aliphatic carbocycles. The molecule has 0 bridgehead atoms. The number of hydrogen-bond acceptors (Lipinski definition) is 5. The van der Waals surface area contributed by atoms with Crippen molar-refractivity contribution < 1.29 is 14.7 Å². The predicted octanol–water partition coefficient (Wildman–Crippen LogP) is 1.34. The van der Waals surface area contributed by atoms with Crippen molar-refractivity contribution in [3.05, 3.63) is 59.9 Å². The van der Waals surface area contributed by atoms with Crippen molar-refractivity contribution in [1.82, 2.24) is 14.9 Å². The number of aliphatic hydroxyl groups is 1. The van der Waals surface area contributed by atoms with Crippen LogP contribution in [-0.2, 0) is 4.79 Å². The van der Waals surface area contributed by atoms with Crippen molar-refractivity contribution >= 4 is 22.7 Å². The van der Waals surface area contributed by atoms with E-state index in [0.717, 1.165) is 5.39 Å². The smallest absolute Gasteiger partial charge is 0.267 e. The molecule has 1 aromatic carbocycles. The van der Waals surface area contributed by atoms with Gasteiger partial charge in [0.2, 0.25) is 5.60 Å². The van der Waals surface area contributed by atoms with E-state index >= 15 is 0 Å². The van der Waals surface area contributed by atoms with Crippen LogP contribution in [0, 0.1) is 11.8 Å². The van der Waals surface area contributed by atoms with E-state index in [2.05, 4.69) is 21.8 Å². The first-order valence-corrected chi connectivity index (χ1v) is 9.04. The Morgan fingerprint density at radius 1 is 1.28 bits per heavy atom. The quantitative estimate of drug-likeness (QED) is 0.646. The summed E-state index contributed by atoms with van der Waals surface area (Å²) >= 11 is 0. The van der Waals surface area contributed by atoms with Gasteiger partial charge in [-0.1, -0.05) is 30.0 Å². The molecule has 7 heteroatoms. The zero-order valence-electron chi connectivity index (χ0n) is 15.7. The lowest BCUT2D eigenvalue weighted by Crippen LogP contribution is -2.37. The molecular weight excluding hydrogens is 368 g/mol. The van der Waals surface area contributed by atoms with E-state index in [4.69, 9.17) is 5.73 Å². The van der Waals surface area contributed by atoms with Crippen LogP contribution >= 0.6 is 0 Å². The van der Waals surface area contributed by atoms with Gasteiger partial charge in [0.05, 0.1) is 11.2 Å². The van der Waals surface area contributed by atoms with Crippen molar-refractivity contribution in [2.45, 2.75) is 12.0 Å². The van der Waals surface area contributed by atoms with Crippen LogP contribution in [0.4, 0.5) is 0 Å². The molecule has 0 spiro atoms. The molecule has 0 radical (unpaired) electrons. The minimum atomic E-state index is -1.66. The Kier molecular flexibility index (Phi) is 4.49. The molecule has 2 aromatic heterocycles. The minimum absolute atomic E-state index is 0.144. The number of carbonyl (C=O) groups is 2. The number of primary amides is 1. The summed E-state index contributed by atoms with van der Waals surface area (Å²) in [6, 6.07) is 12.4. The largest absolute Gasteiger partial charge is 0.369 e. The van der Waals surface area contributed by atoms with Crippen molar-refractivity contribution in [2.75, 3.05) is 13.6 Å². The van der Waals surface area contributed by atoms with Crippen LogP contribution in [0.15, 0.2) is 48.7 Å². The summed E-state index contributed by atoms with van der Waals surface area (Å²) in [5.41, 5.74) is 6.36. The molecular formula is C22H18N4O3. The number of nitrogens with two attached hydrogens (primary N) is 1. The first kappa shape index (κ1) is 18.6. The van der Waals surface area contributed by atoms with Crippen LogP contribution in [0.3, 0.4) is 0 Å². The number of nitrogens with zero attached hydrogens (tertiary/aromatic N) is 3. The molecule has 3 heterocycles. The number of carbonyl (C=O) groups excluding carboxylic acids is 2. The number of benzene rings is 1. The number of likely N-dealkylation sites (N-methyl/N-ethyl adjacent to an activating group) is 1. The topological polar surface area (TPSA) is 109 Å². The van der Waals surface area contributed by atoms with Crippen molar-refractivity contribution in [3.63, 3.8) is 0 Å². The fourth-order valence-electron chi connectivity index (χ4n) is 3.30. The van der Waals surface area contributed by atoms with Gasteiger partial charge in [-0.2, -0.15) is 0 Å². The lowest BCUT2D eigenvalue weighted by molar-refractivity contribution is -0.137. The molecule has 1 aliphatic heterocycles. The molecule has 4 rings (SSSR count). The highest BCUT2D eigenvalue weighted by Gasteiger charge is 2.42. The van der Waals surface area contributed by atoms with Crippen molar-refractivity contribution in [2.24, 2.45) is 5.73 Å². The predicted molar refractivity (Wildman–Crippen MR) is 108 cm³/mol. The Balaban J connectivity index is 1.79. The molecule has 1 atom stereocenters.